The van der Waals surface area contributed by atoms with E-state index in [2.05, 4.69) is 36.3 Å². The zero-order valence-electron chi connectivity index (χ0n) is 12.0. The van der Waals surface area contributed by atoms with Gasteiger partial charge < -0.3 is 10.1 Å². The topological polar surface area (TPSA) is 34.1 Å². The molecule has 0 bridgehead atoms. The number of benzene rings is 1. The van der Waals surface area contributed by atoms with E-state index >= 15 is 0 Å². The molecule has 0 aliphatic heterocycles. The Labute approximate surface area is 115 Å². The molecular weight excluding hydrogens is 236 g/mol. The normalized spacial score (nSPS) is 10.9. The van der Waals surface area contributed by atoms with Crippen LogP contribution in [0, 0.1) is 6.92 Å². The number of hydrogen-bond donors (Lipinski definition) is 1. The molecule has 2 aromatic rings. The fourth-order valence-corrected chi connectivity index (χ4v) is 2.09. The van der Waals surface area contributed by atoms with Crippen molar-refractivity contribution in [3.8, 4) is 5.75 Å². The number of aromatic nitrogens is 1. The Morgan fingerprint density at radius 3 is 2.84 bits per heavy atom. The number of nitrogens with zero attached hydrogens (tertiary/aromatic N) is 1. The first-order valence-electron chi connectivity index (χ1n) is 6.92. The van der Waals surface area contributed by atoms with Crippen molar-refractivity contribution in [2.24, 2.45) is 0 Å². The summed E-state index contributed by atoms with van der Waals surface area (Å²) in [6.07, 6.45) is 2.25. The predicted octanol–water partition coefficient (Wildman–Crippen LogP) is 3.44. The van der Waals surface area contributed by atoms with Crippen LogP contribution in [0.1, 0.15) is 31.0 Å². The lowest BCUT2D eigenvalue weighted by molar-refractivity contribution is 0.310. The molecule has 3 nitrogen and oxygen atoms in total. The number of pyridine rings is 1. The molecular formula is C16H22N2O. The molecule has 0 saturated carbocycles. The van der Waals surface area contributed by atoms with Crippen LogP contribution in [0.5, 0.6) is 5.75 Å². The Morgan fingerprint density at radius 1 is 1.26 bits per heavy atom. The van der Waals surface area contributed by atoms with E-state index in [0.717, 1.165) is 48.3 Å². The number of aryl methyl sites for hydroxylation is 1. The smallest absolute Gasteiger partial charge is 0.120 e. The van der Waals surface area contributed by atoms with Gasteiger partial charge in [0.2, 0.25) is 0 Å². The molecule has 0 atom stereocenters. The van der Waals surface area contributed by atoms with Crippen molar-refractivity contribution >= 4 is 10.9 Å². The van der Waals surface area contributed by atoms with Crippen molar-refractivity contribution < 1.29 is 4.74 Å². The molecule has 19 heavy (non-hydrogen) atoms. The van der Waals surface area contributed by atoms with Gasteiger partial charge in [0.1, 0.15) is 5.75 Å². The molecule has 0 aliphatic rings. The summed E-state index contributed by atoms with van der Waals surface area (Å²) in [5, 5.41) is 4.32. The first-order chi connectivity index (χ1) is 9.24. The number of nitrogens with one attached hydrogen (secondary N) is 1. The molecule has 1 aromatic carbocycles. The van der Waals surface area contributed by atoms with Crippen LogP contribution >= 0.6 is 0 Å². The minimum absolute atomic E-state index is 0.782. The van der Waals surface area contributed by atoms with Crippen molar-refractivity contribution in [2.75, 3.05) is 13.7 Å². The second kappa shape index (κ2) is 6.53. The van der Waals surface area contributed by atoms with E-state index in [9.17, 15) is 0 Å². The summed E-state index contributed by atoms with van der Waals surface area (Å²) in [5.41, 5.74) is 3.35. The van der Waals surface area contributed by atoms with Gasteiger partial charge in [-0.2, -0.15) is 0 Å². The van der Waals surface area contributed by atoms with Gasteiger partial charge in [-0.05, 0) is 50.2 Å². The minimum atomic E-state index is 0.782. The summed E-state index contributed by atoms with van der Waals surface area (Å²) in [6.45, 7) is 5.85. The van der Waals surface area contributed by atoms with Gasteiger partial charge in [0.15, 0.2) is 0 Å². The van der Waals surface area contributed by atoms with Crippen LogP contribution in [-0.4, -0.2) is 18.6 Å². The Kier molecular flexibility index (Phi) is 4.74. The molecule has 2 rings (SSSR count). The van der Waals surface area contributed by atoms with Crippen LogP contribution in [0.15, 0.2) is 24.3 Å². The first-order valence-corrected chi connectivity index (χ1v) is 6.92. The van der Waals surface area contributed by atoms with Gasteiger partial charge in [0.25, 0.3) is 0 Å². The third kappa shape index (κ3) is 3.44. The second-order valence-corrected chi connectivity index (χ2v) is 4.82. The van der Waals surface area contributed by atoms with Crippen LogP contribution < -0.4 is 10.1 Å². The number of rotatable bonds is 6. The van der Waals surface area contributed by atoms with E-state index in [1.165, 1.54) is 5.56 Å². The highest BCUT2D eigenvalue weighted by molar-refractivity contribution is 5.81. The molecule has 1 aromatic heterocycles. The fraction of sp³-hybridized carbons (Fsp3) is 0.438. The summed E-state index contributed by atoms with van der Waals surface area (Å²) >= 11 is 0. The van der Waals surface area contributed by atoms with Crippen molar-refractivity contribution in [1.29, 1.82) is 0 Å². The minimum Gasteiger partial charge on any atom is -0.494 e. The summed E-state index contributed by atoms with van der Waals surface area (Å²) in [6, 6.07) is 8.31. The van der Waals surface area contributed by atoms with E-state index in [1.54, 1.807) is 0 Å². The fourth-order valence-electron chi connectivity index (χ4n) is 2.09. The largest absolute Gasteiger partial charge is 0.494 e. The molecule has 1 N–H and O–H groups in total. The summed E-state index contributed by atoms with van der Waals surface area (Å²) in [4.78, 5) is 4.64. The maximum atomic E-state index is 5.74. The van der Waals surface area contributed by atoms with Crippen LogP contribution in [0.2, 0.25) is 0 Å². The van der Waals surface area contributed by atoms with E-state index in [0.29, 0.717) is 0 Å². The van der Waals surface area contributed by atoms with Crippen molar-refractivity contribution in [1.82, 2.24) is 10.3 Å². The van der Waals surface area contributed by atoms with Gasteiger partial charge in [0, 0.05) is 17.6 Å². The van der Waals surface area contributed by atoms with E-state index < -0.39 is 0 Å². The number of ether oxygens (including phenoxy) is 1. The number of fused-ring (bicyclic) bond motifs is 1. The monoisotopic (exact) mass is 258 g/mol. The van der Waals surface area contributed by atoms with Gasteiger partial charge in [-0.15, -0.1) is 0 Å². The van der Waals surface area contributed by atoms with Crippen molar-refractivity contribution in [2.45, 2.75) is 33.2 Å². The molecule has 3 heteroatoms. The molecule has 0 saturated heterocycles. The van der Waals surface area contributed by atoms with Gasteiger partial charge in [-0.3, -0.25) is 4.98 Å². The number of hydrogen-bond acceptors (Lipinski definition) is 3. The highest BCUT2D eigenvalue weighted by Crippen LogP contribution is 2.22. The lowest BCUT2D eigenvalue weighted by atomic mass is 10.1. The van der Waals surface area contributed by atoms with Gasteiger partial charge in [-0.25, -0.2) is 0 Å². The maximum Gasteiger partial charge on any atom is 0.120 e. The lowest BCUT2D eigenvalue weighted by Gasteiger charge is -2.09. The molecule has 1 heterocycles. The third-order valence-electron chi connectivity index (χ3n) is 3.22. The lowest BCUT2D eigenvalue weighted by Crippen LogP contribution is -2.07. The standard InChI is InChI=1S/C16H22N2O/c1-4-5-8-19-15-6-7-16-13(10-15)9-14(11-17-3)12(2)18-16/h6-7,9-10,17H,4-5,8,11H2,1-3H3. The predicted molar refractivity (Wildman–Crippen MR) is 79.6 cm³/mol. The third-order valence-corrected chi connectivity index (χ3v) is 3.22. The quantitative estimate of drug-likeness (QED) is 0.806. The van der Waals surface area contributed by atoms with E-state index in [-0.39, 0.29) is 0 Å². The zero-order valence-corrected chi connectivity index (χ0v) is 12.0. The van der Waals surface area contributed by atoms with Crippen molar-refractivity contribution in [3.05, 3.63) is 35.5 Å². The summed E-state index contributed by atoms with van der Waals surface area (Å²) < 4.78 is 5.74. The van der Waals surface area contributed by atoms with Crippen LogP contribution in [0.25, 0.3) is 10.9 Å². The van der Waals surface area contributed by atoms with Crippen LogP contribution in [-0.2, 0) is 6.54 Å². The Hall–Kier alpha value is -1.61. The highest BCUT2D eigenvalue weighted by atomic mass is 16.5. The van der Waals surface area contributed by atoms with Crippen LogP contribution in [0.4, 0.5) is 0 Å². The van der Waals surface area contributed by atoms with Crippen LogP contribution in [0.3, 0.4) is 0 Å². The molecule has 0 radical (unpaired) electrons. The Morgan fingerprint density at radius 2 is 2.11 bits per heavy atom. The number of unbranched alkanes of at least 4 members (excludes halogenated alkanes) is 1. The highest BCUT2D eigenvalue weighted by Gasteiger charge is 2.04. The molecule has 0 fully saturated rings. The molecule has 0 spiro atoms. The maximum absolute atomic E-state index is 5.74. The Balaban J connectivity index is 2.27. The molecule has 0 unspecified atom stereocenters. The molecule has 0 aliphatic carbocycles. The SMILES string of the molecule is CCCCOc1ccc2nc(C)c(CNC)cc2c1. The first kappa shape index (κ1) is 13.8. The average Bonchev–Trinajstić information content (AvgIpc) is 2.40. The zero-order chi connectivity index (χ0) is 13.7. The average molecular weight is 258 g/mol. The van der Waals surface area contributed by atoms with Gasteiger partial charge in [-0.1, -0.05) is 13.3 Å². The molecule has 102 valence electrons. The van der Waals surface area contributed by atoms with Gasteiger partial charge >= 0.3 is 0 Å². The van der Waals surface area contributed by atoms with E-state index in [1.807, 2.05) is 19.2 Å². The van der Waals surface area contributed by atoms with Crippen molar-refractivity contribution in [3.63, 3.8) is 0 Å². The Bertz CT molecular complexity index is 552. The second-order valence-electron chi connectivity index (χ2n) is 4.82. The molecule has 0 amide bonds. The van der Waals surface area contributed by atoms with E-state index in [4.69, 9.17) is 4.74 Å². The summed E-state index contributed by atoms with van der Waals surface area (Å²) in [7, 11) is 1.95. The van der Waals surface area contributed by atoms with Gasteiger partial charge in [0.05, 0.1) is 12.1 Å². The summed E-state index contributed by atoms with van der Waals surface area (Å²) in [5.74, 6) is 0.932.